The smallest absolute Gasteiger partial charge is 0.242 e. The zero-order valence-corrected chi connectivity index (χ0v) is 12.1. The van der Waals surface area contributed by atoms with Gasteiger partial charge in [0.05, 0.1) is 17.6 Å². The second-order valence-corrected chi connectivity index (χ2v) is 5.07. The zero-order chi connectivity index (χ0) is 15.6. The van der Waals surface area contributed by atoms with E-state index < -0.39 is 0 Å². The number of H-pyrrole nitrogens is 1. The highest BCUT2D eigenvalue weighted by Crippen LogP contribution is 2.09. The van der Waals surface area contributed by atoms with Crippen molar-refractivity contribution in [3.63, 3.8) is 0 Å². The van der Waals surface area contributed by atoms with Crippen molar-refractivity contribution in [2.24, 2.45) is 0 Å². The van der Waals surface area contributed by atoms with Gasteiger partial charge in [0, 0.05) is 6.20 Å². The summed E-state index contributed by atoms with van der Waals surface area (Å²) in [4.78, 5) is 23.7. The van der Waals surface area contributed by atoms with Gasteiger partial charge in [-0.2, -0.15) is 0 Å². The SMILES string of the molecule is O=C(Cn1nnc2ccccc21)NCc1nc2ncccc2[nH]1. The summed E-state index contributed by atoms with van der Waals surface area (Å²) < 4.78 is 1.57. The Balaban J connectivity index is 1.43. The fourth-order valence-corrected chi connectivity index (χ4v) is 2.39. The molecule has 3 heterocycles. The second kappa shape index (κ2) is 5.48. The number of aromatic amines is 1. The van der Waals surface area contributed by atoms with E-state index in [9.17, 15) is 4.79 Å². The summed E-state index contributed by atoms with van der Waals surface area (Å²) in [5.74, 6) is 0.504. The summed E-state index contributed by atoms with van der Waals surface area (Å²) in [6, 6.07) is 11.2. The molecule has 8 nitrogen and oxygen atoms in total. The molecule has 8 heteroatoms. The van der Waals surface area contributed by atoms with Gasteiger partial charge in [0.1, 0.15) is 17.9 Å². The van der Waals surface area contributed by atoms with Crippen molar-refractivity contribution in [3.8, 4) is 0 Å². The first-order valence-corrected chi connectivity index (χ1v) is 7.14. The third-order valence-corrected chi connectivity index (χ3v) is 3.47. The fraction of sp³-hybridized carbons (Fsp3) is 0.133. The zero-order valence-electron chi connectivity index (χ0n) is 12.1. The summed E-state index contributed by atoms with van der Waals surface area (Å²) in [6.07, 6.45) is 1.68. The standard InChI is InChI=1S/C15H13N7O/c23-14(9-22-12-6-2-1-4-10(12)20-21-22)17-8-13-18-11-5-3-7-16-15(11)19-13/h1-7H,8-9H2,(H,17,23)(H,16,18,19). The number of fused-ring (bicyclic) bond motifs is 2. The molecule has 0 saturated carbocycles. The molecule has 0 spiro atoms. The molecule has 0 bridgehead atoms. The van der Waals surface area contributed by atoms with E-state index in [1.165, 1.54) is 0 Å². The lowest BCUT2D eigenvalue weighted by Crippen LogP contribution is -2.28. The molecule has 23 heavy (non-hydrogen) atoms. The maximum atomic E-state index is 12.1. The molecule has 0 aliphatic carbocycles. The molecule has 4 rings (SSSR count). The number of carbonyl (C=O) groups excluding carboxylic acids is 1. The first kappa shape index (κ1) is 13.4. The van der Waals surface area contributed by atoms with Crippen LogP contribution >= 0.6 is 0 Å². The van der Waals surface area contributed by atoms with E-state index in [-0.39, 0.29) is 12.5 Å². The Morgan fingerprint density at radius 1 is 1.22 bits per heavy atom. The number of para-hydroxylation sites is 1. The maximum absolute atomic E-state index is 12.1. The Kier molecular flexibility index (Phi) is 3.19. The lowest BCUT2D eigenvalue weighted by atomic mass is 10.3. The van der Waals surface area contributed by atoms with Crippen molar-refractivity contribution in [1.82, 2.24) is 35.3 Å². The minimum Gasteiger partial charge on any atom is -0.347 e. The minimum absolute atomic E-state index is 0.110. The van der Waals surface area contributed by atoms with Crippen LogP contribution in [-0.4, -0.2) is 35.9 Å². The van der Waals surface area contributed by atoms with E-state index in [1.54, 1.807) is 10.9 Å². The lowest BCUT2D eigenvalue weighted by molar-refractivity contribution is -0.122. The van der Waals surface area contributed by atoms with Crippen LogP contribution in [0.4, 0.5) is 0 Å². The Bertz CT molecular complexity index is 955. The monoisotopic (exact) mass is 307 g/mol. The van der Waals surface area contributed by atoms with Gasteiger partial charge in [0.15, 0.2) is 5.65 Å². The van der Waals surface area contributed by atoms with E-state index in [0.717, 1.165) is 16.6 Å². The van der Waals surface area contributed by atoms with Crippen LogP contribution in [0.25, 0.3) is 22.2 Å². The number of amides is 1. The van der Waals surface area contributed by atoms with Gasteiger partial charge in [-0.25, -0.2) is 14.6 Å². The number of imidazole rings is 1. The van der Waals surface area contributed by atoms with Crippen LogP contribution in [0.3, 0.4) is 0 Å². The highest BCUT2D eigenvalue weighted by Gasteiger charge is 2.09. The molecule has 0 unspecified atom stereocenters. The second-order valence-electron chi connectivity index (χ2n) is 5.07. The third-order valence-electron chi connectivity index (χ3n) is 3.47. The molecule has 3 aromatic heterocycles. The summed E-state index contributed by atoms with van der Waals surface area (Å²) in [5, 5.41) is 10.8. The molecule has 0 atom stereocenters. The van der Waals surface area contributed by atoms with Crippen LogP contribution in [0.5, 0.6) is 0 Å². The van der Waals surface area contributed by atoms with Crippen LogP contribution in [0.2, 0.25) is 0 Å². The normalized spacial score (nSPS) is 11.1. The molecule has 1 amide bonds. The van der Waals surface area contributed by atoms with Gasteiger partial charge in [-0.15, -0.1) is 5.10 Å². The van der Waals surface area contributed by atoms with Crippen molar-refractivity contribution < 1.29 is 4.79 Å². The van der Waals surface area contributed by atoms with Gasteiger partial charge in [-0.05, 0) is 24.3 Å². The van der Waals surface area contributed by atoms with Crippen LogP contribution in [0.15, 0.2) is 42.6 Å². The Labute approximate surface area is 130 Å². The number of rotatable bonds is 4. The number of hydrogen-bond donors (Lipinski definition) is 2. The van der Waals surface area contributed by atoms with Gasteiger partial charge < -0.3 is 10.3 Å². The molecule has 4 aromatic rings. The predicted molar refractivity (Wildman–Crippen MR) is 83.3 cm³/mol. The van der Waals surface area contributed by atoms with E-state index in [1.807, 2.05) is 36.4 Å². The molecule has 0 fully saturated rings. The topological polar surface area (TPSA) is 101 Å². The van der Waals surface area contributed by atoms with Gasteiger partial charge in [-0.1, -0.05) is 17.3 Å². The molecule has 114 valence electrons. The number of nitrogens with one attached hydrogen (secondary N) is 2. The lowest BCUT2D eigenvalue weighted by Gasteiger charge is -2.03. The van der Waals surface area contributed by atoms with E-state index in [0.29, 0.717) is 18.0 Å². The number of carbonyl (C=O) groups is 1. The summed E-state index contributed by atoms with van der Waals surface area (Å²) >= 11 is 0. The fourth-order valence-electron chi connectivity index (χ4n) is 2.39. The maximum Gasteiger partial charge on any atom is 0.242 e. The van der Waals surface area contributed by atoms with E-state index >= 15 is 0 Å². The number of aromatic nitrogens is 6. The Morgan fingerprint density at radius 2 is 2.13 bits per heavy atom. The molecule has 0 aliphatic heterocycles. The number of benzene rings is 1. The van der Waals surface area contributed by atoms with Crippen molar-refractivity contribution in [2.45, 2.75) is 13.1 Å². The first-order valence-electron chi connectivity index (χ1n) is 7.14. The van der Waals surface area contributed by atoms with Gasteiger partial charge in [0.25, 0.3) is 0 Å². The van der Waals surface area contributed by atoms with Crippen LogP contribution in [0.1, 0.15) is 5.82 Å². The van der Waals surface area contributed by atoms with Crippen molar-refractivity contribution in [3.05, 3.63) is 48.4 Å². The molecule has 2 N–H and O–H groups in total. The predicted octanol–water partition coefficient (Wildman–Crippen LogP) is 1.02. The molecular formula is C15H13N7O. The van der Waals surface area contributed by atoms with Gasteiger partial charge >= 0.3 is 0 Å². The van der Waals surface area contributed by atoms with Crippen molar-refractivity contribution in [1.29, 1.82) is 0 Å². The molecule has 0 aliphatic rings. The first-order chi connectivity index (χ1) is 11.3. The third kappa shape index (κ3) is 2.61. The highest BCUT2D eigenvalue weighted by atomic mass is 16.2. The van der Waals surface area contributed by atoms with Gasteiger partial charge in [0.2, 0.25) is 5.91 Å². The average molecular weight is 307 g/mol. The van der Waals surface area contributed by atoms with Crippen molar-refractivity contribution >= 4 is 28.1 Å². The number of pyridine rings is 1. The van der Waals surface area contributed by atoms with Gasteiger partial charge in [-0.3, -0.25) is 4.79 Å². The quantitative estimate of drug-likeness (QED) is 0.586. The van der Waals surface area contributed by atoms with Crippen LogP contribution in [0, 0.1) is 0 Å². The van der Waals surface area contributed by atoms with Crippen LogP contribution in [-0.2, 0) is 17.9 Å². The van der Waals surface area contributed by atoms with Crippen molar-refractivity contribution in [2.75, 3.05) is 0 Å². The molecule has 1 aromatic carbocycles. The molecule has 0 saturated heterocycles. The number of hydrogen-bond acceptors (Lipinski definition) is 5. The summed E-state index contributed by atoms with van der Waals surface area (Å²) in [5.41, 5.74) is 3.08. The summed E-state index contributed by atoms with van der Waals surface area (Å²) in [6.45, 7) is 0.417. The van der Waals surface area contributed by atoms with E-state index in [2.05, 4.69) is 30.6 Å². The average Bonchev–Trinajstić information content (AvgIpc) is 3.17. The Hall–Kier alpha value is -3.29. The molecule has 0 radical (unpaired) electrons. The molecular weight excluding hydrogens is 294 g/mol. The van der Waals surface area contributed by atoms with Crippen LogP contribution < -0.4 is 5.32 Å². The highest BCUT2D eigenvalue weighted by molar-refractivity contribution is 5.79. The number of nitrogens with zero attached hydrogens (tertiary/aromatic N) is 5. The summed E-state index contributed by atoms with van der Waals surface area (Å²) in [7, 11) is 0. The largest absolute Gasteiger partial charge is 0.347 e. The minimum atomic E-state index is -0.158. The van der Waals surface area contributed by atoms with E-state index in [4.69, 9.17) is 0 Å². The Morgan fingerprint density at radius 3 is 3.04 bits per heavy atom.